The first-order chi connectivity index (χ1) is 11.8. The van der Waals surface area contributed by atoms with Gasteiger partial charge in [0.15, 0.2) is 0 Å². The lowest BCUT2D eigenvalue weighted by atomic mass is 9.97. The first-order valence-corrected chi connectivity index (χ1v) is 9.13. The smallest absolute Gasteiger partial charge is 0.123 e. The van der Waals surface area contributed by atoms with E-state index in [9.17, 15) is 4.39 Å². The van der Waals surface area contributed by atoms with Crippen molar-refractivity contribution in [2.24, 2.45) is 0 Å². The van der Waals surface area contributed by atoms with Crippen LogP contribution in [0.2, 0.25) is 0 Å². The van der Waals surface area contributed by atoms with Crippen molar-refractivity contribution >= 4 is 5.69 Å². The zero-order valence-corrected chi connectivity index (χ0v) is 14.3. The molecule has 2 heterocycles. The molecule has 126 valence electrons. The van der Waals surface area contributed by atoms with E-state index < -0.39 is 0 Å². The highest BCUT2D eigenvalue weighted by atomic mass is 19.1. The number of halogens is 1. The van der Waals surface area contributed by atoms with E-state index in [1.54, 1.807) is 12.1 Å². The number of benzene rings is 2. The molecule has 24 heavy (non-hydrogen) atoms. The zero-order chi connectivity index (χ0) is 16.5. The highest BCUT2D eigenvalue weighted by Crippen LogP contribution is 2.38. The topological polar surface area (TPSA) is 6.48 Å². The van der Waals surface area contributed by atoms with E-state index in [0.29, 0.717) is 6.04 Å². The van der Waals surface area contributed by atoms with Gasteiger partial charge in [-0.1, -0.05) is 31.2 Å². The second-order valence-electron chi connectivity index (χ2n) is 6.92. The third-order valence-corrected chi connectivity index (χ3v) is 5.66. The summed E-state index contributed by atoms with van der Waals surface area (Å²) in [6.07, 6.45) is 3.61. The van der Waals surface area contributed by atoms with Crippen molar-refractivity contribution in [2.75, 3.05) is 31.1 Å². The number of hydrogen-bond donors (Lipinski definition) is 0. The van der Waals surface area contributed by atoms with Gasteiger partial charge in [-0.3, -0.25) is 0 Å². The minimum absolute atomic E-state index is 0.171. The lowest BCUT2D eigenvalue weighted by Gasteiger charge is -2.37. The minimum atomic E-state index is -0.171. The quantitative estimate of drug-likeness (QED) is 0.829. The summed E-state index contributed by atoms with van der Waals surface area (Å²) in [4.78, 5) is 5.16. The van der Waals surface area contributed by atoms with Crippen molar-refractivity contribution in [3.8, 4) is 11.1 Å². The summed E-state index contributed by atoms with van der Waals surface area (Å²) >= 11 is 0. The van der Waals surface area contributed by atoms with E-state index in [-0.39, 0.29) is 5.82 Å². The SMILES string of the molecule is CCN1CCC(N2CCc3c(-c4ccc(F)cc4)cccc32)CC1. The van der Waals surface area contributed by atoms with Crippen LogP contribution >= 0.6 is 0 Å². The van der Waals surface area contributed by atoms with E-state index in [1.165, 1.54) is 42.7 Å². The molecule has 0 atom stereocenters. The van der Waals surface area contributed by atoms with E-state index in [1.807, 2.05) is 12.1 Å². The molecule has 3 heteroatoms. The summed E-state index contributed by atoms with van der Waals surface area (Å²) in [5.41, 5.74) is 5.21. The Morgan fingerprint density at radius 1 is 1.00 bits per heavy atom. The number of fused-ring (bicyclic) bond motifs is 1. The summed E-state index contributed by atoms with van der Waals surface area (Å²) < 4.78 is 13.2. The molecule has 1 saturated heterocycles. The van der Waals surface area contributed by atoms with Crippen LogP contribution in [0, 0.1) is 5.82 Å². The third kappa shape index (κ3) is 2.82. The van der Waals surface area contributed by atoms with Crippen LogP contribution in [0.5, 0.6) is 0 Å². The van der Waals surface area contributed by atoms with Crippen LogP contribution in [0.1, 0.15) is 25.3 Å². The number of likely N-dealkylation sites (tertiary alicyclic amines) is 1. The summed E-state index contributed by atoms with van der Waals surface area (Å²) in [6.45, 7) is 6.96. The van der Waals surface area contributed by atoms with E-state index >= 15 is 0 Å². The molecule has 4 rings (SSSR count). The summed E-state index contributed by atoms with van der Waals surface area (Å²) in [5.74, 6) is -0.171. The molecule has 0 radical (unpaired) electrons. The van der Waals surface area contributed by atoms with Crippen molar-refractivity contribution in [2.45, 2.75) is 32.2 Å². The van der Waals surface area contributed by atoms with Crippen molar-refractivity contribution in [3.63, 3.8) is 0 Å². The van der Waals surface area contributed by atoms with Crippen LogP contribution in [0.15, 0.2) is 42.5 Å². The lowest BCUT2D eigenvalue weighted by molar-refractivity contribution is 0.219. The van der Waals surface area contributed by atoms with Gasteiger partial charge in [0.2, 0.25) is 0 Å². The van der Waals surface area contributed by atoms with Crippen LogP contribution in [0.4, 0.5) is 10.1 Å². The minimum Gasteiger partial charge on any atom is -0.368 e. The van der Waals surface area contributed by atoms with Gasteiger partial charge >= 0.3 is 0 Å². The predicted octanol–water partition coefficient (Wildman–Crippen LogP) is 4.34. The van der Waals surface area contributed by atoms with Crippen LogP contribution in [0.3, 0.4) is 0 Å². The molecule has 2 aliphatic heterocycles. The average molecular weight is 324 g/mol. The van der Waals surface area contributed by atoms with Crippen molar-refractivity contribution < 1.29 is 4.39 Å². The fourth-order valence-electron chi connectivity index (χ4n) is 4.29. The molecule has 2 nitrogen and oxygen atoms in total. The second-order valence-corrected chi connectivity index (χ2v) is 6.92. The maximum absolute atomic E-state index is 13.2. The van der Waals surface area contributed by atoms with Gasteiger partial charge in [0, 0.05) is 31.4 Å². The molecule has 0 unspecified atom stereocenters. The van der Waals surface area contributed by atoms with E-state index in [4.69, 9.17) is 0 Å². The van der Waals surface area contributed by atoms with E-state index in [0.717, 1.165) is 25.1 Å². The largest absolute Gasteiger partial charge is 0.368 e. The fourth-order valence-corrected chi connectivity index (χ4v) is 4.29. The van der Waals surface area contributed by atoms with Crippen LogP contribution in [-0.4, -0.2) is 37.1 Å². The standard InChI is InChI=1S/C21H25FN2/c1-2-23-13-10-18(11-14-23)24-15-12-20-19(4-3-5-21(20)24)16-6-8-17(22)9-7-16/h3-9,18H,2,10-15H2,1H3. The number of nitrogens with zero attached hydrogens (tertiary/aromatic N) is 2. The molecule has 0 aliphatic carbocycles. The Bertz CT molecular complexity index is 702. The molecule has 0 aromatic heterocycles. The number of hydrogen-bond acceptors (Lipinski definition) is 2. The number of piperidine rings is 1. The molecule has 2 aromatic rings. The predicted molar refractivity (Wildman–Crippen MR) is 98.0 cm³/mol. The summed E-state index contributed by atoms with van der Waals surface area (Å²) in [7, 11) is 0. The summed E-state index contributed by atoms with van der Waals surface area (Å²) in [5, 5.41) is 0. The molecule has 0 spiro atoms. The van der Waals surface area contributed by atoms with Crippen LogP contribution in [-0.2, 0) is 6.42 Å². The third-order valence-electron chi connectivity index (χ3n) is 5.66. The van der Waals surface area contributed by atoms with Gasteiger partial charge in [-0.15, -0.1) is 0 Å². The molecule has 1 fully saturated rings. The molecular formula is C21H25FN2. The van der Waals surface area contributed by atoms with Gasteiger partial charge in [0.1, 0.15) is 5.82 Å². The second kappa shape index (κ2) is 6.56. The average Bonchev–Trinajstić information content (AvgIpc) is 3.07. The van der Waals surface area contributed by atoms with Crippen molar-refractivity contribution in [1.82, 2.24) is 4.90 Å². The molecule has 0 saturated carbocycles. The number of anilines is 1. The van der Waals surface area contributed by atoms with Gasteiger partial charge in [0.05, 0.1) is 0 Å². The Balaban J connectivity index is 1.60. The van der Waals surface area contributed by atoms with Crippen molar-refractivity contribution in [3.05, 3.63) is 53.8 Å². The molecule has 2 aliphatic rings. The highest BCUT2D eigenvalue weighted by Gasteiger charge is 2.30. The first-order valence-electron chi connectivity index (χ1n) is 9.13. The van der Waals surface area contributed by atoms with Crippen LogP contribution < -0.4 is 4.90 Å². The van der Waals surface area contributed by atoms with Gasteiger partial charge in [-0.05, 0) is 60.7 Å². The van der Waals surface area contributed by atoms with Gasteiger partial charge in [-0.2, -0.15) is 0 Å². The molecule has 0 N–H and O–H groups in total. The maximum Gasteiger partial charge on any atom is 0.123 e. The Labute approximate surface area is 143 Å². The van der Waals surface area contributed by atoms with E-state index in [2.05, 4.69) is 34.9 Å². The monoisotopic (exact) mass is 324 g/mol. The Kier molecular flexibility index (Phi) is 4.28. The molecule has 0 amide bonds. The zero-order valence-electron chi connectivity index (χ0n) is 14.3. The fraction of sp³-hybridized carbons (Fsp3) is 0.429. The molecular weight excluding hydrogens is 299 g/mol. The summed E-state index contributed by atoms with van der Waals surface area (Å²) in [6, 6.07) is 14.2. The number of rotatable bonds is 3. The Morgan fingerprint density at radius 2 is 1.75 bits per heavy atom. The van der Waals surface area contributed by atoms with Crippen LogP contribution in [0.25, 0.3) is 11.1 Å². The Hall–Kier alpha value is -1.87. The lowest BCUT2D eigenvalue weighted by Crippen LogP contribution is -2.44. The Morgan fingerprint density at radius 3 is 2.46 bits per heavy atom. The van der Waals surface area contributed by atoms with Gasteiger partial charge in [0.25, 0.3) is 0 Å². The van der Waals surface area contributed by atoms with Gasteiger partial charge < -0.3 is 9.80 Å². The molecule has 0 bridgehead atoms. The normalized spacial score (nSPS) is 18.8. The van der Waals surface area contributed by atoms with Gasteiger partial charge in [-0.25, -0.2) is 4.39 Å². The first kappa shape index (κ1) is 15.6. The highest BCUT2D eigenvalue weighted by molar-refractivity contribution is 5.76. The van der Waals surface area contributed by atoms with Crippen molar-refractivity contribution in [1.29, 1.82) is 0 Å². The maximum atomic E-state index is 13.2. The molecule has 2 aromatic carbocycles.